The normalized spacial score (nSPS) is 22.5. The number of hydrogen-bond donors (Lipinski definition) is 3. The van der Waals surface area contributed by atoms with Crippen molar-refractivity contribution in [1.82, 2.24) is 10.6 Å². The molecule has 1 heterocycles. The molecule has 5 heteroatoms. The standard InChI is InChI=1S/C18H27N3O2/c1-14-4-6-16(7-5-14)21-10-2-3-15(11-21)20-17(23)19-12-18(13-22)8-9-18/h4-7,15,22H,2-3,8-13H2,1H3,(H2,19,20,23). The lowest BCUT2D eigenvalue weighted by molar-refractivity contribution is 0.201. The van der Waals surface area contributed by atoms with E-state index >= 15 is 0 Å². The van der Waals surface area contributed by atoms with Crippen LogP contribution >= 0.6 is 0 Å². The Labute approximate surface area is 138 Å². The van der Waals surface area contributed by atoms with E-state index in [0.717, 1.165) is 38.8 Å². The van der Waals surface area contributed by atoms with Crippen LogP contribution in [0, 0.1) is 12.3 Å². The number of rotatable bonds is 5. The van der Waals surface area contributed by atoms with Gasteiger partial charge in [0.25, 0.3) is 0 Å². The highest BCUT2D eigenvalue weighted by Crippen LogP contribution is 2.44. The zero-order chi connectivity index (χ0) is 16.3. The van der Waals surface area contributed by atoms with Crippen molar-refractivity contribution in [2.24, 2.45) is 5.41 Å². The fourth-order valence-electron chi connectivity index (χ4n) is 3.16. The highest BCUT2D eigenvalue weighted by atomic mass is 16.3. The molecule has 126 valence electrons. The fourth-order valence-corrected chi connectivity index (χ4v) is 3.16. The number of hydrogen-bond acceptors (Lipinski definition) is 3. The zero-order valence-electron chi connectivity index (χ0n) is 13.8. The van der Waals surface area contributed by atoms with Crippen LogP contribution in [0.3, 0.4) is 0 Å². The summed E-state index contributed by atoms with van der Waals surface area (Å²) in [6.45, 7) is 4.72. The van der Waals surface area contributed by atoms with E-state index in [1.807, 2.05) is 0 Å². The van der Waals surface area contributed by atoms with Gasteiger partial charge in [0.2, 0.25) is 0 Å². The van der Waals surface area contributed by atoms with Crippen LogP contribution in [0.4, 0.5) is 10.5 Å². The zero-order valence-corrected chi connectivity index (χ0v) is 13.8. The largest absolute Gasteiger partial charge is 0.396 e. The number of nitrogens with zero attached hydrogens (tertiary/aromatic N) is 1. The monoisotopic (exact) mass is 317 g/mol. The molecule has 1 atom stereocenters. The number of carbonyl (C=O) groups excluding carboxylic acids is 1. The van der Waals surface area contributed by atoms with Gasteiger partial charge in [-0.3, -0.25) is 0 Å². The van der Waals surface area contributed by atoms with Crippen LogP contribution in [0.2, 0.25) is 0 Å². The van der Waals surface area contributed by atoms with Gasteiger partial charge in [0, 0.05) is 36.8 Å². The smallest absolute Gasteiger partial charge is 0.315 e. The lowest BCUT2D eigenvalue weighted by Gasteiger charge is -2.35. The number of aryl methyl sites for hydroxylation is 1. The molecule has 1 aromatic carbocycles. The molecule has 1 aliphatic heterocycles. The minimum absolute atomic E-state index is 0.0438. The number of aliphatic hydroxyl groups is 1. The van der Waals surface area contributed by atoms with Gasteiger partial charge in [-0.1, -0.05) is 17.7 Å². The van der Waals surface area contributed by atoms with Gasteiger partial charge in [0.1, 0.15) is 0 Å². The highest BCUT2D eigenvalue weighted by Gasteiger charge is 2.42. The summed E-state index contributed by atoms with van der Waals surface area (Å²) in [6, 6.07) is 8.62. The third-order valence-corrected chi connectivity index (χ3v) is 5.07. The molecule has 0 aromatic heterocycles. The lowest BCUT2D eigenvalue weighted by Crippen LogP contribution is -2.51. The Morgan fingerprint density at radius 2 is 2.09 bits per heavy atom. The molecule has 1 unspecified atom stereocenters. The molecular formula is C18H27N3O2. The van der Waals surface area contributed by atoms with Crippen molar-refractivity contribution in [3.8, 4) is 0 Å². The number of piperidine rings is 1. The Hall–Kier alpha value is -1.75. The van der Waals surface area contributed by atoms with Gasteiger partial charge in [0.15, 0.2) is 0 Å². The first-order valence-electron chi connectivity index (χ1n) is 8.57. The number of aliphatic hydroxyl groups excluding tert-OH is 1. The first-order chi connectivity index (χ1) is 11.1. The molecule has 1 aliphatic carbocycles. The molecule has 0 radical (unpaired) electrons. The summed E-state index contributed by atoms with van der Waals surface area (Å²) < 4.78 is 0. The fraction of sp³-hybridized carbons (Fsp3) is 0.611. The van der Waals surface area contributed by atoms with Crippen molar-refractivity contribution in [2.45, 2.75) is 38.6 Å². The average molecular weight is 317 g/mol. The predicted molar refractivity (Wildman–Crippen MR) is 91.7 cm³/mol. The molecule has 0 bridgehead atoms. The maximum atomic E-state index is 12.1. The van der Waals surface area contributed by atoms with Gasteiger partial charge >= 0.3 is 6.03 Å². The first kappa shape index (κ1) is 16.1. The molecule has 1 aromatic rings. The molecule has 23 heavy (non-hydrogen) atoms. The summed E-state index contributed by atoms with van der Waals surface area (Å²) in [6.07, 6.45) is 4.11. The summed E-state index contributed by atoms with van der Waals surface area (Å²) >= 11 is 0. The maximum absolute atomic E-state index is 12.1. The second kappa shape index (κ2) is 6.79. The number of anilines is 1. The van der Waals surface area contributed by atoms with Gasteiger partial charge in [-0.15, -0.1) is 0 Å². The van der Waals surface area contributed by atoms with Crippen LogP contribution in [0.5, 0.6) is 0 Å². The molecule has 1 saturated heterocycles. The van der Waals surface area contributed by atoms with Crippen LogP contribution in [0.15, 0.2) is 24.3 Å². The third kappa shape index (κ3) is 4.16. The van der Waals surface area contributed by atoms with Crippen molar-refractivity contribution in [3.63, 3.8) is 0 Å². The number of carbonyl (C=O) groups is 1. The van der Waals surface area contributed by atoms with E-state index in [9.17, 15) is 9.90 Å². The summed E-state index contributed by atoms with van der Waals surface area (Å²) in [7, 11) is 0. The summed E-state index contributed by atoms with van der Waals surface area (Å²) in [5.74, 6) is 0. The predicted octanol–water partition coefficient (Wildman–Crippen LogP) is 2.04. The molecule has 0 spiro atoms. The Morgan fingerprint density at radius 1 is 1.35 bits per heavy atom. The van der Waals surface area contributed by atoms with Gasteiger partial charge in [-0.2, -0.15) is 0 Å². The Bertz CT molecular complexity index is 540. The third-order valence-electron chi connectivity index (χ3n) is 5.07. The summed E-state index contributed by atoms with van der Waals surface area (Å²) in [5, 5.41) is 15.3. The molecule has 3 rings (SSSR count). The molecule has 2 aliphatic rings. The molecule has 3 N–H and O–H groups in total. The van der Waals surface area contributed by atoms with Gasteiger partial charge in [0.05, 0.1) is 6.61 Å². The van der Waals surface area contributed by atoms with E-state index in [0.29, 0.717) is 6.54 Å². The Morgan fingerprint density at radius 3 is 2.74 bits per heavy atom. The Kier molecular flexibility index (Phi) is 4.76. The second-order valence-corrected chi connectivity index (χ2v) is 7.11. The number of benzene rings is 1. The average Bonchev–Trinajstić information content (AvgIpc) is 3.35. The number of urea groups is 1. The molecule has 2 fully saturated rings. The topological polar surface area (TPSA) is 64.6 Å². The lowest BCUT2D eigenvalue weighted by atomic mass is 10.0. The van der Waals surface area contributed by atoms with Crippen molar-refractivity contribution in [3.05, 3.63) is 29.8 Å². The van der Waals surface area contributed by atoms with E-state index in [4.69, 9.17) is 0 Å². The minimum atomic E-state index is -0.111. The maximum Gasteiger partial charge on any atom is 0.315 e. The van der Waals surface area contributed by atoms with E-state index < -0.39 is 0 Å². The molecular weight excluding hydrogens is 290 g/mol. The van der Waals surface area contributed by atoms with Crippen molar-refractivity contribution in [2.75, 3.05) is 31.1 Å². The van der Waals surface area contributed by atoms with E-state index in [1.54, 1.807) is 0 Å². The van der Waals surface area contributed by atoms with Crippen LogP contribution < -0.4 is 15.5 Å². The molecule has 1 saturated carbocycles. The number of nitrogens with one attached hydrogen (secondary N) is 2. The first-order valence-corrected chi connectivity index (χ1v) is 8.57. The van der Waals surface area contributed by atoms with Gasteiger partial charge < -0.3 is 20.6 Å². The van der Waals surface area contributed by atoms with Gasteiger partial charge in [-0.05, 0) is 44.7 Å². The van der Waals surface area contributed by atoms with Crippen LogP contribution in [-0.4, -0.2) is 43.4 Å². The van der Waals surface area contributed by atoms with E-state index in [2.05, 4.69) is 46.7 Å². The molecule has 5 nitrogen and oxygen atoms in total. The molecule has 2 amide bonds. The van der Waals surface area contributed by atoms with Crippen molar-refractivity contribution >= 4 is 11.7 Å². The quantitative estimate of drug-likeness (QED) is 0.778. The number of amides is 2. The minimum Gasteiger partial charge on any atom is -0.396 e. The van der Waals surface area contributed by atoms with Gasteiger partial charge in [-0.25, -0.2) is 4.79 Å². The second-order valence-electron chi connectivity index (χ2n) is 7.11. The Balaban J connectivity index is 1.48. The summed E-state index contributed by atoms with van der Waals surface area (Å²) in [4.78, 5) is 14.4. The highest BCUT2D eigenvalue weighted by molar-refractivity contribution is 5.74. The van der Waals surface area contributed by atoms with Crippen LogP contribution in [-0.2, 0) is 0 Å². The van der Waals surface area contributed by atoms with Crippen LogP contribution in [0.1, 0.15) is 31.2 Å². The van der Waals surface area contributed by atoms with Crippen molar-refractivity contribution in [1.29, 1.82) is 0 Å². The summed E-state index contributed by atoms with van der Waals surface area (Å²) in [5.41, 5.74) is 2.44. The van der Waals surface area contributed by atoms with E-state index in [1.165, 1.54) is 11.3 Å². The van der Waals surface area contributed by atoms with E-state index in [-0.39, 0.29) is 24.1 Å². The SMILES string of the molecule is Cc1ccc(N2CCCC(NC(=O)NCC3(CO)CC3)C2)cc1. The van der Waals surface area contributed by atoms with Crippen molar-refractivity contribution < 1.29 is 9.90 Å². The van der Waals surface area contributed by atoms with Crippen LogP contribution in [0.25, 0.3) is 0 Å².